The monoisotopic (exact) mass is 374 g/mol. The van der Waals surface area contributed by atoms with Crippen molar-refractivity contribution in [3.05, 3.63) is 83.9 Å². The lowest BCUT2D eigenvalue weighted by molar-refractivity contribution is 0.184. The second-order valence-electron chi connectivity index (χ2n) is 7.75. The average Bonchev–Trinajstić information content (AvgIpc) is 2.72. The fourth-order valence-electron chi connectivity index (χ4n) is 3.33. The highest BCUT2D eigenvalue weighted by Gasteiger charge is 2.03. The van der Waals surface area contributed by atoms with Crippen molar-refractivity contribution in [2.24, 2.45) is 0 Å². The Balaban J connectivity index is 1.66. The summed E-state index contributed by atoms with van der Waals surface area (Å²) in [5, 5.41) is 18.8. The van der Waals surface area contributed by atoms with Crippen molar-refractivity contribution >= 4 is 0 Å². The highest BCUT2D eigenvalue weighted by Crippen LogP contribution is 2.26. The van der Waals surface area contributed by atoms with Gasteiger partial charge in [0.25, 0.3) is 0 Å². The Labute approximate surface area is 168 Å². The molecule has 0 aromatic heterocycles. The summed E-state index contributed by atoms with van der Waals surface area (Å²) in [6, 6.07) is 25.9. The summed E-state index contributed by atoms with van der Waals surface area (Å²) in [7, 11) is 0. The first-order chi connectivity index (χ1) is 13.5. The number of benzene rings is 3. The molecule has 0 amide bonds. The first-order valence-electron chi connectivity index (χ1n) is 10.2. The molecule has 0 radical (unpaired) electrons. The Kier molecular flexibility index (Phi) is 7.02. The van der Waals surface area contributed by atoms with Crippen LogP contribution in [0.1, 0.15) is 37.8 Å². The molecule has 0 aliphatic heterocycles. The normalized spacial score (nSPS) is 13.3. The summed E-state index contributed by atoms with van der Waals surface area (Å²) in [5.41, 5.74) is 7.36. The maximum absolute atomic E-state index is 9.42. The quantitative estimate of drug-likeness (QED) is 0.535. The van der Waals surface area contributed by atoms with Crippen LogP contribution in [0, 0.1) is 0 Å². The minimum absolute atomic E-state index is 0.250. The van der Waals surface area contributed by atoms with Crippen LogP contribution in [-0.4, -0.2) is 22.4 Å². The van der Waals surface area contributed by atoms with E-state index in [4.69, 9.17) is 0 Å². The zero-order valence-electron chi connectivity index (χ0n) is 16.8. The molecule has 2 heteroatoms. The van der Waals surface area contributed by atoms with Crippen molar-refractivity contribution < 1.29 is 10.2 Å². The van der Waals surface area contributed by atoms with Crippen molar-refractivity contribution in [1.29, 1.82) is 0 Å². The summed E-state index contributed by atoms with van der Waals surface area (Å²) < 4.78 is 0. The standard InChI is InChI=1S/C26H30O2/c1-19(27)3-5-21-7-11-23(12-8-21)25-15-17-26(18-16-25)24-13-9-22(10-14-24)6-4-20(2)28/h7-20,27-28H,3-6H2,1-2H3. The summed E-state index contributed by atoms with van der Waals surface area (Å²) in [5.74, 6) is 0. The van der Waals surface area contributed by atoms with E-state index in [0.717, 1.165) is 25.7 Å². The average molecular weight is 375 g/mol. The van der Waals surface area contributed by atoms with E-state index in [9.17, 15) is 10.2 Å². The number of aryl methyl sites for hydroxylation is 2. The second-order valence-corrected chi connectivity index (χ2v) is 7.75. The Morgan fingerprint density at radius 1 is 0.500 bits per heavy atom. The lowest BCUT2D eigenvalue weighted by Crippen LogP contribution is -2.01. The lowest BCUT2D eigenvalue weighted by Gasteiger charge is -2.08. The molecule has 28 heavy (non-hydrogen) atoms. The van der Waals surface area contributed by atoms with Crippen LogP contribution in [0.25, 0.3) is 22.3 Å². The molecular formula is C26H30O2. The highest BCUT2D eigenvalue weighted by molar-refractivity contribution is 5.70. The van der Waals surface area contributed by atoms with Crippen molar-refractivity contribution in [3.8, 4) is 22.3 Å². The molecule has 2 N–H and O–H groups in total. The van der Waals surface area contributed by atoms with Gasteiger partial charge in [-0.15, -0.1) is 0 Å². The maximum Gasteiger partial charge on any atom is 0.0515 e. The van der Waals surface area contributed by atoms with Gasteiger partial charge in [0.15, 0.2) is 0 Å². The molecule has 3 rings (SSSR count). The molecule has 0 aliphatic carbocycles. The molecule has 0 heterocycles. The fourth-order valence-corrected chi connectivity index (χ4v) is 3.33. The van der Waals surface area contributed by atoms with E-state index in [1.54, 1.807) is 0 Å². The molecule has 2 unspecified atom stereocenters. The van der Waals surface area contributed by atoms with Crippen molar-refractivity contribution in [1.82, 2.24) is 0 Å². The van der Waals surface area contributed by atoms with Crippen LogP contribution in [0.15, 0.2) is 72.8 Å². The van der Waals surface area contributed by atoms with E-state index in [0.29, 0.717) is 0 Å². The molecule has 0 bridgehead atoms. The molecule has 2 atom stereocenters. The Hall–Kier alpha value is -2.42. The largest absolute Gasteiger partial charge is 0.393 e. The van der Waals surface area contributed by atoms with Gasteiger partial charge >= 0.3 is 0 Å². The van der Waals surface area contributed by atoms with Crippen molar-refractivity contribution in [2.75, 3.05) is 0 Å². The second kappa shape index (κ2) is 9.68. The molecule has 0 saturated heterocycles. The summed E-state index contributed by atoms with van der Waals surface area (Å²) in [6.07, 6.45) is 2.91. The number of rotatable bonds is 8. The Morgan fingerprint density at radius 2 is 0.750 bits per heavy atom. The zero-order chi connectivity index (χ0) is 19.9. The van der Waals surface area contributed by atoms with Crippen LogP contribution < -0.4 is 0 Å². The molecule has 2 nitrogen and oxygen atoms in total. The van der Waals surface area contributed by atoms with Gasteiger partial charge in [0.05, 0.1) is 12.2 Å². The Bertz CT molecular complexity index is 770. The van der Waals surface area contributed by atoms with E-state index in [1.165, 1.54) is 33.4 Å². The molecule has 146 valence electrons. The predicted octanol–water partition coefficient (Wildman–Crippen LogP) is 5.65. The topological polar surface area (TPSA) is 40.5 Å². The first-order valence-corrected chi connectivity index (χ1v) is 10.2. The smallest absolute Gasteiger partial charge is 0.0515 e. The van der Waals surface area contributed by atoms with E-state index in [2.05, 4.69) is 72.8 Å². The highest BCUT2D eigenvalue weighted by atomic mass is 16.3. The van der Waals surface area contributed by atoms with Gasteiger partial charge in [-0.2, -0.15) is 0 Å². The minimum atomic E-state index is -0.250. The zero-order valence-corrected chi connectivity index (χ0v) is 16.8. The van der Waals surface area contributed by atoms with Crippen LogP contribution in [0.3, 0.4) is 0 Å². The summed E-state index contributed by atoms with van der Waals surface area (Å²) in [6.45, 7) is 3.66. The van der Waals surface area contributed by atoms with E-state index in [-0.39, 0.29) is 12.2 Å². The van der Waals surface area contributed by atoms with Crippen molar-refractivity contribution in [3.63, 3.8) is 0 Å². The van der Waals surface area contributed by atoms with Gasteiger partial charge in [0, 0.05) is 0 Å². The third-order valence-corrected chi connectivity index (χ3v) is 5.16. The van der Waals surface area contributed by atoms with E-state index < -0.39 is 0 Å². The Morgan fingerprint density at radius 3 is 1.00 bits per heavy atom. The van der Waals surface area contributed by atoms with Crippen LogP contribution in [0.4, 0.5) is 0 Å². The number of aliphatic hydroxyl groups excluding tert-OH is 2. The minimum Gasteiger partial charge on any atom is -0.393 e. The third-order valence-electron chi connectivity index (χ3n) is 5.16. The van der Waals surface area contributed by atoms with Crippen LogP contribution >= 0.6 is 0 Å². The van der Waals surface area contributed by atoms with E-state index >= 15 is 0 Å². The van der Waals surface area contributed by atoms with Gasteiger partial charge in [-0.1, -0.05) is 72.8 Å². The van der Waals surface area contributed by atoms with Crippen LogP contribution in [-0.2, 0) is 12.8 Å². The number of hydrogen-bond donors (Lipinski definition) is 2. The van der Waals surface area contributed by atoms with Crippen LogP contribution in [0.5, 0.6) is 0 Å². The number of hydrogen-bond acceptors (Lipinski definition) is 2. The summed E-state index contributed by atoms with van der Waals surface area (Å²) >= 11 is 0. The number of aliphatic hydroxyl groups is 2. The van der Waals surface area contributed by atoms with Gasteiger partial charge in [-0.25, -0.2) is 0 Å². The molecule has 3 aromatic rings. The predicted molar refractivity (Wildman–Crippen MR) is 117 cm³/mol. The summed E-state index contributed by atoms with van der Waals surface area (Å²) in [4.78, 5) is 0. The third kappa shape index (κ3) is 5.79. The van der Waals surface area contributed by atoms with Crippen molar-refractivity contribution in [2.45, 2.75) is 51.7 Å². The molecular weight excluding hydrogens is 344 g/mol. The molecule has 0 saturated carbocycles. The van der Waals surface area contributed by atoms with Gasteiger partial charge in [-0.05, 0) is 72.9 Å². The van der Waals surface area contributed by atoms with E-state index in [1.807, 2.05) is 13.8 Å². The maximum atomic E-state index is 9.42. The first kappa shape index (κ1) is 20.3. The molecule has 0 spiro atoms. The molecule has 0 aliphatic rings. The van der Waals surface area contributed by atoms with Gasteiger partial charge in [-0.3, -0.25) is 0 Å². The lowest BCUT2D eigenvalue weighted by atomic mass is 9.97. The van der Waals surface area contributed by atoms with Gasteiger partial charge < -0.3 is 10.2 Å². The molecule has 0 fully saturated rings. The van der Waals surface area contributed by atoms with Crippen LogP contribution in [0.2, 0.25) is 0 Å². The fraction of sp³-hybridized carbons (Fsp3) is 0.308. The van der Waals surface area contributed by atoms with Gasteiger partial charge in [0.1, 0.15) is 0 Å². The van der Waals surface area contributed by atoms with Gasteiger partial charge in [0.2, 0.25) is 0 Å². The SMILES string of the molecule is CC(O)CCc1ccc(-c2ccc(-c3ccc(CCC(C)O)cc3)cc2)cc1. The molecule has 3 aromatic carbocycles.